The Kier molecular flexibility index (Phi) is 16.6. The van der Waals surface area contributed by atoms with E-state index in [-0.39, 0.29) is 18.0 Å². The minimum absolute atomic E-state index is 0.224. The highest BCUT2D eigenvalue weighted by atomic mass is 79.9. The minimum atomic E-state index is -0.746. The Labute approximate surface area is 334 Å². The highest BCUT2D eigenvalue weighted by molar-refractivity contribution is 9.11. The lowest BCUT2D eigenvalue weighted by Gasteiger charge is -2.10. The van der Waals surface area contributed by atoms with Gasteiger partial charge in [-0.2, -0.15) is 4.80 Å². The minimum Gasteiger partial charge on any atom is -0.488 e. The molecule has 0 bridgehead atoms. The Morgan fingerprint density at radius 1 is 0.596 bits per heavy atom. The van der Waals surface area contributed by atoms with Gasteiger partial charge in [-0.05, 0) is 87.2 Å². The number of benzene rings is 2. The van der Waals surface area contributed by atoms with E-state index >= 15 is 8.78 Å². The van der Waals surface area contributed by atoms with Crippen molar-refractivity contribution >= 4 is 65.6 Å². The molecule has 0 amide bonds. The monoisotopic (exact) mass is 875 g/mol. The molecule has 282 valence electrons. The molecule has 0 radical (unpaired) electrons. The molecule has 0 N–H and O–H groups in total. The summed E-state index contributed by atoms with van der Waals surface area (Å²) in [6.45, 7) is 6.96. The first kappa shape index (κ1) is 41.0. The second-order valence-electron chi connectivity index (χ2n) is 13.8. The molecule has 3 heterocycles. The van der Waals surface area contributed by atoms with Gasteiger partial charge in [-0.25, -0.2) is 8.78 Å². The van der Waals surface area contributed by atoms with Crippen molar-refractivity contribution in [3.63, 3.8) is 0 Å². The maximum Gasteiger partial charge on any atom is 0.190 e. The maximum atomic E-state index is 15.5. The molecule has 0 aliphatic rings. The van der Waals surface area contributed by atoms with E-state index in [9.17, 15) is 0 Å². The van der Waals surface area contributed by atoms with Gasteiger partial charge in [0.15, 0.2) is 17.4 Å². The largest absolute Gasteiger partial charge is 0.488 e. The molecule has 52 heavy (non-hydrogen) atoms. The van der Waals surface area contributed by atoms with Gasteiger partial charge in [-0.1, -0.05) is 116 Å². The predicted octanol–water partition coefficient (Wildman–Crippen LogP) is 15.4. The van der Waals surface area contributed by atoms with Crippen molar-refractivity contribution in [1.82, 2.24) is 15.0 Å². The number of fused-ring (bicyclic) bond motifs is 1. The van der Waals surface area contributed by atoms with Crippen LogP contribution in [0.15, 0.2) is 44.0 Å². The van der Waals surface area contributed by atoms with Crippen molar-refractivity contribution < 1.29 is 13.5 Å². The van der Waals surface area contributed by atoms with Crippen molar-refractivity contribution in [2.45, 2.75) is 136 Å². The third-order valence-corrected chi connectivity index (χ3v) is 13.1. The molecule has 5 aromatic rings. The summed E-state index contributed by atoms with van der Waals surface area (Å²) in [5.74, 6) is -1.83. The lowest BCUT2D eigenvalue weighted by Crippen LogP contribution is -2.05. The molecule has 0 saturated heterocycles. The first-order valence-corrected chi connectivity index (χ1v) is 22.7. The lowest BCUT2D eigenvalue weighted by atomic mass is 9.99. The Hall–Kier alpha value is -2.14. The summed E-state index contributed by atoms with van der Waals surface area (Å²) in [6.07, 6.45) is 20.5. The van der Waals surface area contributed by atoms with Gasteiger partial charge in [0, 0.05) is 33.0 Å². The van der Waals surface area contributed by atoms with Crippen molar-refractivity contribution in [1.29, 1.82) is 0 Å². The van der Waals surface area contributed by atoms with Gasteiger partial charge < -0.3 is 4.74 Å². The zero-order chi connectivity index (χ0) is 36.9. The third kappa shape index (κ3) is 11.0. The first-order chi connectivity index (χ1) is 25.3. The Morgan fingerprint density at radius 3 is 1.48 bits per heavy atom. The number of rotatable bonds is 23. The Balaban J connectivity index is 1.47. The zero-order valence-corrected chi connectivity index (χ0v) is 35.8. The van der Waals surface area contributed by atoms with Gasteiger partial charge in [0.05, 0.1) is 19.9 Å². The standard InChI is InChI=1S/C42H53Br2F2N3OS2/c1-4-7-10-13-14-15-16-19-24-50-40-34(45)27-31(28-35(40)46)49-47-38-32(41-29(25-36(43)51-41)20-17-11-8-5-2)22-23-33(39(38)48-49)42-30(26-37(44)52-42)21-18-12-9-6-3/h22-23,25-28H,4-21,24H2,1-3H3. The number of aryl methyl sites for hydroxylation is 2. The Morgan fingerprint density at radius 2 is 1.02 bits per heavy atom. The predicted molar refractivity (Wildman–Crippen MR) is 225 cm³/mol. The fraction of sp³-hybridized carbons (Fsp3) is 0.524. The van der Waals surface area contributed by atoms with Crippen LogP contribution in [0.2, 0.25) is 0 Å². The van der Waals surface area contributed by atoms with E-state index in [0.29, 0.717) is 0 Å². The Bertz CT molecular complexity index is 1750. The van der Waals surface area contributed by atoms with Gasteiger partial charge in [-0.3, -0.25) is 0 Å². The number of hydrogen-bond donors (Lipinski definition) is 0. The molecule has 0 saturated carbocycles. The van der Waals surface area contributed by atoms with E-state index < -0.39 is 11.6 Å². The molecule has 0 aliphatic carbocycles. The molecular weight excluding hydrogens is 824 g/mol. The van der Waals surface area contributed by atoms with Crippen LogP contribution < -0.4 is 4.74 Å². The average molecular weight is 878 g/mol. The normalized spacial score (nSPS) is 11.7. The van der Waals surface area contributed by atoms with Crippen LogP contribution in [0.4, 0.5) is 8.78 Å². The number of halogens is 4. The van der Waals surface area contributed by atoms with E-state index in [1.54, 1.807) is 22.7 Å². The summed E-state index contributed by atoms with van der Waals surface area (Å²) in [7, 11) is 0. The number of hydrogen-bond acceptors (Lipinski definition) is 5. The number of unbranched alkanes of at least 4 members (excludes halogenated alkanes) is 13. The van der Waals surface area contributed by atoms with Gasteiger partial charge in [0.1, 0.15) is 11.0 Å². The molecule has 10 heteroatoms. The van der Waals surface area contributed by atoms with Crippen LogP contribution in [0.25, 0.3) is 37.6 Å². The fourth-order valence-corrected chi connectivity index (χ4v) is 10.2. The molecule has 0 spiro atoms. The summed E-state index contributed by atoms with van der Waals surface area (Å²) in [6, 6.07) is 11.3. The van der Waals surface area contributed by atoms with Crippen molar-refractivity contribution in [2.24, 2.45) is 0 Å². The van der Waals surface area contributed by atoms with Crippen LogP contribution in [0.3, 0.4) is 0 Å². The first-order valence-electron chi connectivity index (χ1n) is 19.4. The highest BCUT2D eigenvalue weighted by Gasteiger charge is 2.23. The zero-order valence-electron chi connectivity index (χ0n) is 31.0. The number of thiophene rings is 2. The topological polar surface area (TPSA) is 39.9 Å². The molecule has 3 aromatic heterocycles. The van der Waals surface area contributed by atoms with Gasteiger partial charge in [0.25, 0.3) is 0 Å². The van der Waals surface area contributed by atoms with Crippen LogP contribution in [0.1, 0.15) is 135 Å². The lowest BCUT2D eigenvalue weighted by molar-refractivity contribution is 0.275. The maximum absolute atomic E-state index is 15.5. The summed E-state index contributed by atoms with van der Waals surface area (Å²) in [4.78, 5) is 3.70. The van der Waals surface area contributed by atoms with Crippen LogP contribution >= 0.6 is 54.5 Å². The number of ether oxygens (including phenoxy) is 1. The van der Waals surface area contributed by atoms with E-state index in [4.69, 9.17) is 14.9 Å². The van der Waals surface area contributed by atoms with Gasteiger partial charge in [-0.15, -0.1) is 32.9 Å². The highest BCUT2D eigenvalue weighted by Crippen LogP contribution is 2.44. The van der Waals surface area contributed by atoms with E-state index in [1.165, 1.54) is 98.7 Å². The average Bonchev–Trinajstić information content (AvgIpc) is 3.84. The summed E-state index contributed by atoms with van der Waals surface area (Å²) in [5, 5.41) is 9.96. The summed E-state index contributed by atoms with van der Waals surface area (Å²) < 4.78 is 38.8. The number of nitrogens with zero attached hydrogens (tertiary/aromatic N) is 3. The third-order valence-electron chi connectivity index (χ3n) is 9.65. The second kappa shape index (κ2) is 21.1. The molecule has 5 rings (SSSR count). The van der Waals surface area contributed by atoms with E-state index in [0.717, 1.165) is 84.4 Å². The summed E-state index contributed by atoms with van der Waals surface area (Å²) >= 11 is 10.9. The smallest absolute Gasteiger partial charge is 0.190 e. The molecule has 0 aliphatic heterocycles. The molecule has 4 nitrogen and oxygen atoms in total. The molecule has 0 unspecified atom stereocenters. The van der Waals surface area contributed by atoms with Crippen molar-refractivity contribution in [3.05, 3.63) is 66.7 Å². The van der Waals surface area contributed by atoms with Crippen LogP contribution in [-0.4, -0.2) is 21.6 Å². The van der Waals surface area contributed by atoms with Crippen LogP contribution in [0, 0.1) is 11.6 Å². The van der Waals surface area contributed by atoms with Gasteiger partial charge in [0.2, 0.25) is 0 Å². The molecule has 2 aromatic carbocycles. The quantitative estimate of drug-likeness (QED) is 0.0614. The van der Waals surface area contributed by atoms with Gasteiger partial charge >= 0.3 is 0 Å². The number of aromatic nitrogens is 3. The van der Waals surface area contributed by atoms with Crippen molar-refractivity contribution in [3.8, 4) is 32.3 Å². The van der Waals surface area contributed by atoms with Crippen LogP contribution in [0.5, 0.6) is 5.75 Å². The second-order valence-corrected chi connectivity index (χ2v) is 18.7. The molecular formula is C42H53Br2F2N3OS2. The van der Waals surface area contributed by atoms with E-state index in [2.05, 4.69) is 76.9 Å². The fourth-order valence-electron chi connectivity index (χ4n) is 6.79. The summed E-state index contributed by atoms with van der Waals surface area (Å²) in [5.41, 5.74) is 6.19. The van der Waals surface area contributed by atoms with Crippen LogP contribution in [-0.2, 0) is 12.8 Å². The molecule has 0 fully saturated rings. The SMILES string of the molecule is CCCCCCCCCCOc1c(F)cc(-n2nc3c(-c4sc(Br)cc4CCCCCC)ccc(-c4sc(Br)cc4CCCCCC)c3n2)cc1F. The molecule has 0 atom stereocenters. The van der Waals surface area contributed by atoms with E-state index in [1.807, 2.05) is 0 Å². The van der Waals surface area contributed by atoms with Crippen molar-refractivity contribution in [2.75, 3.05) is 6.61 Å².